The molecular weight excluding hydrogens is 769 g/mol. The number of hydrogen-bond donors (Lipinski definition) is 0. The molecule has 0 N–H and O–H groups in total. The van der Waals surface area contributed by atoms with Gasteiger partial charge >= 0.3 is 0 Å². The van der Waals surface area contributed by atoms with Crippen LogP contribution in [-0.2, 0) is 0 Å². The Morgan fingerprint density at radius 1 is 0.333 bits per heavy atom. The summed E-state index contributed by atoms with van der Waals surface area (Å²) in [5.41, 5.74) is 11.3. The quantitative estimate of drug-likeness (QED) is 0.168. The van der Waals surface area contributed by atoms with Crippen molar-refractivity contribution in [3.8, 4) is 67.5 Å². The third kappa shape index (κ3) is 5.96. The van der Waals surface area contributed by atoms with E-state index in [2.05, 4.69) is 163 Å². The molecular formula is C54H32N4S2. The van der Waals surface area contributed by atoms with E-state index >= 15 is 0 Å². The Kier molecular flexibility index (Phi) is 8.18. The van der Waals surface area contributed by atoms with Crippen molar-refractivity contribution in [2.45, 2.75) is 0 Å². The van der Waals surface area contributed by atoms with Crippen molar-refractivity contribution in [3.63, 3.8) is 0 Å². The number of aromatic nitrogens is 4. The molecule has 0 atom stereocenters. The lowest BCUT2D eigenvalue weighted by Gasteiger charge is -2.14. The number of benzene rings is 8. The van der Waals surface area contributed by atoms with E-state index in [4.69, 9.17) is 15.0 Å². The molecule has 12 aromatic rings. The van der Waals surface area contributed by atoms with Crippen LogP contribution in [0.2, 0.25) is 0 Å². The van der Waals surface area contributed by atoms with Gasteiger partial charge in [0.15, 0.2) is 11.6 Å². The Labute approximate surface area is 353 Å². The van der Waals surface area contributed by atoms with E-state index in [-0.39, 0.29) is 0 Å². The summed E-state index contributed by atoms with van der Waals surface area (Å²) in [4.78, 5) is 20.1. The highest BCUT2D eigenvalue weighted by atomic mass is 32.1. The first-order valence-corrected chi connectivity index (χ1v) is 21.6. The van der Waals surface area contributed by atoms with Gasteiger partial charge in [-0.2, -0.15) is 0 Å². The van der Waals surface area contributed by atoms with Crippen LogP contribution in [0, 0.1) is 0 Å². The van der Waals surface area contributed by atoms with Gasteiger partial charge < -0.3 is 0 Å². The van der Waals surface area contributed by atoms with Gasteiger partial charge in [0.05, 0.1) is 16.9 Å². The summed E-state index contributed by atoms with van der Waals surface area (Å²) in [5, 5.41) is 6.15. The molecule has 0 aliphatic rings. The van der Waals surface area contributed by atoms with E-state index in [1.165, 1.54) is 51.5 Å². The van der Waals surface area contributed by atoms with Gasteiger partial charge in [-0.05, 0) is 64.7 Å². The second-order valence-corrected chi connectivity index (χ2v) is 17.1. The van der Waals surface area contributed by atoms with Gasteiger partial charge in [-0.15, -0.1) is 22.7 Å². The average Bonchev–Trinajstić information content (AvgIpc) is 3.90. The molecule has 4 nitrogen and oxygen atoms in total. The second-order valence-electron chi connectivity index (χ2n) is 15.0. The molecule has 60 heavy (non-hydrogen) atoms. The van der Waals surface area contributed by atoms with Crippen molar-refractivity contribution in [2.75, 3.05) is 0 Å². The topological polar surface area (TPSA) is 51.6 Å². The predicted molar refractivity (Wildman–Crippen MR) is 254 cm³/mol. The first-order valence-electron chi connectivity index (χ1n) is 19.9. The van der Waals surface area contributed by atoms with E-state index in [0.29, 0.717) is 11.6 Å². The van der Waals surface area contributed by atoms with Crippen LogP contribution in [0.25, 0.3) is 119 Å². The van der Waals surface area contributed by atoms with Crippen LogP contribution in [0.1, 0.15) is 0 Å². The zero-order chi connectivity index (χ0) is 39.6. The van der Waals surface area contributed by atoms with Crippen LogP contribution in [0.5, 0.6) is 0 Å². The molecule has 0 saturated heterocycles. The molecule has 0 bridgehead atoms. The number of fused-ring (bicyclic) bond motifs is 7. The molecule has 0 radical (unpaired) electrons. The van der Waals surface area contributed by atoms with Crippen LogP contribution in [0.3, 0.4) is 0 Å². The van der Waals surface area contributed by atoms with E-state index in [9.17, 15) is 0 Å². The fraction of sp³-hybridized carbons (Fsp3) is 0. The molecule has 0 spiro atoms. The van der Waals surface area contributed by atoms with Gasteiger partial charge in [-0.3, -0.25) is 0 Å². The number of rotatable bonds is 6. The molecule has 6 heteroatoms. The van der Waals surface area contributed by atoms with Gasteiger partial charge in [0.25, 0.3) is 0 Å². The fourth-order valence-corrected chi connectivity index (χ4v) is 10.9. The molecule has 4 aromatic heterocycles. The summed E-state index contributed by atoms with van der Waals surface area (Å²) < 4.78 is 5.14. The number of para-hydroxylation sites is 1. The monoisotopic (exact) mass is 800 g/mol. The summed E-state index contributed by atoms with van der Waals surface area (Å²) in [7, 11) is 0. The van der Waals surface area contributed by atoms with Crippen LogP contribution in [-0.4, -0.2) is 19.9 Å². The zero-order valence-corrected chi connectivity index (χ0v) is 33.7. The summed E-state index contributed by atoms with van der Waals surface area (Å²) in [6.07, 6.45) is 1.88. The Bertz CT molecular complexity index is 3480. The maximum atomic E-state index is 5.37. The predicted octanol–water partition coefficient (Wildman–Crippen LogP) is 15.2. The SMILES string of the molecule is c1ccc(-c2cc(-c3cc(-c4cccc5c4sc4ccccc45)cc(-c4cccc5c4sc4ccccc45)c3)nc(-c3ccc(-c4ncc5ccccc5n4)cc3)n2)cc1. The van der Waals surface area contributed by atoms with Gasteiger partial charge in [-0.25, -0.2) is 19.9 Å². The van der Waals surface area contributed by atoms with Crippen molar-refractivity contribution in [3.05, 3.63) is 194 Å². The molecule has 0 amide bonds. The Morgan fingerprint density at radius 2 is 0.850 bits per heavy atom. The van der Waals surface area contributed by atoms with E-state index < -0.39 is 0 Å². The molecule has 0 saturated carbocycles. The largest absolute Gasteiger partial charge is 0.236 e. The van der Waals surface area contributed by atoms with Crippen LogP contribution in [0.4, 0.5) is 0 Å². The maximum Gasteiger partial charge on any atom is 0.160 e. The van der Waals surface area contributed by atoms with Crippen molar-refractivity contribution in [2.24, 2.45) is 0 Å². The average molecular weight is 801 g/mol. The second kappa shape index (κ2) is 14.2. The summed E-state index contributed by atoms with van der Waals surface area (Å²) in [6.45, 7) is 0. The highest BCUT2D eigenvalue weighted by Gasteiger charge is 2.18. The van der Waals surface area contributed by atoms with Gasteiger partial charge in [0.2, 0.25) is 0 Å². The molecule has 4 heterocycles. The van der Waals surface area contributed by atoms with Crippen LogP contribution in [0.15, 0.2) is 194 Å². The molecule has 0 aliphatic heterocycles. The molecule has 0 fully saturated rings. The van der Waals surface area contributed by atoms with Gasteiger partial charge in [-0.1, -0.05) is 146 Å². The third-order valence-electron chi connectivity index (χ3n) is 11.3. The van der Waals surface area contributed by atoms with Crippen LogP contribution >= 0.6 is 22.7 Å². The highest BCUT2D eigenvalue weighted by molar-refractivity contribution is 7.26. The van der Waals surface area contributed by atoms with E-state index in [1.807, 2.05) is 59.2 Å². The van der Waals surface area contributed by atoms with Crippen molar-refractivity contribution < 1.29 is 0 Å². The standard InChI is InChI=1S/C54H32N4S2/c1-2-12-33(13-3-1)47-31-48(58-54(57-47)35-26-24-34(25-27-35)53-55-32-36-14-4-7-21-46(36)56-53)39-29-37(40-17-10-19-44-42-15-5-8-22-49(42)59-51(40)44)28-38(30-39)41-18-11-20-45-43-16-6-9-23-50(43)60-52(41)45/h1-32H. The minimum Gasteiger partial charge on any atom is -0.236 e. The zero-order valence-electron chi connectivity index (χ0n) is 32.1. The van der Waals surface area contributed by atoms with Gasteiger partial charge in [0, 0.05) is 74.2 Å². The summed E-state index contributed by atoms with van der Waals surface area (Å²) >= 11 is 3.72. The van der Waals surface area contributed by atoms with Crippen molar-refractivity contribution in [1.82, 2.24) is 19.9 Å². The van der Waals surface area contributed by atoms with Gasteiger partial charge in [0.1, 0.15) is 0 Å². The molecule has 280 valence electrons. The molecule has 0 unspecified atom stereocenters. The summed E-state index contributed by atoms with van der Waals surface area (Å²) in [5.74, 6) is 1.34. The number of thiophene rings is 2. The first-order chi connectivity index (χ1) is 29.7. The fourth-order valence-electron chi connectivity index (χ4n) is 8.40. The van der Waals surface area contributed by atoms with Crippen molar-refractivity contribution >= 4 is 73.9 Å². The normalized spacial score (nSPS) is 11.7. The lowest BCUT2D eigenvalue weighted by atomic mass is 9.93. The van der Waals surface area contributed by atoms with Crippen LogP contribution < -0.4 is 0 Å². The molecule has 12 rings (SSSR count). The number of hydrogen-bond acceptors (Lipinski definition) is 6. The molecule has 8 aromatic carbocycles. The Balaban J connectivity index is 1.06. The third-order valence-corrected chi connectivity index (χ3v) is 13.8. The maximum absolute atomic E-state index is 5.37. The minimum absolute atomic E-state index is 0.655. The van der Waals surface area contributed by atoms with Crippen molar-refractivity contribution in [1.29, 1.82) is 0 Å². The van der Waals surface area contributed by atoms with E-state index in [1.54, 1.807) is 0 Å². The lowest BCUT2D eigenvalue weighted by molar-refractivity contribution is 1.18. The Hall–Kier alpha value is -7.38. The smallest absolute Gasteiger partial charge is 0.160 e. The minimum atomic E-state index is 0.655. The summed E-state index contributed by atoms with van der Waals surface area (Å²) in [6, 6.07) is 66.7. The van der Waals surface area contributed by atoms with E-state index in [0.717, 1.165) is 55.7 Å². The first kappa shape index (κ1) is 34.6. The Morgan fingerprint density at radius 3 is 1.50 bits per heavy atom. The lowest BCUT2D eigenvalue weighted by Crippen LogP contribution is -1.97. The number of nitrogens with zero attached hydrogens (tertiary/aromatic N) is 4. The molecule has 0 aliphatic carbocycles. The highest BCUT2D eigenvalue weighted by Crippen LogP contribution is 2.45.